The number of H-pyrrole nitrogens is 1. The van der Waals surface area contributed by atoms with Gasteiger partial charge in [-0.15, -0.1) is 0 Å². The first kappa shape index (κ1) is 11.0. The Kier molecular flexibility index (Phi) is 2.44. The summed E-state index contributed by atoms with van der Waals surface area (Å²) in [7, 11) is 1.36. The van der Waals surface area contributed by atoms with Crippen LogP contribution in [-0.2, 0) is 11.2 Å². The van der Waals surface area contributed by atoms with Crippen molar-refractivity contribution in [2.75, 3.05) is 7.11 Å². The van der Waals surface area contributed by atoms with Crippen molar-refractivity contribution in [1.82, 2.24) is 4.98 Å². The van der Waals surface area contributed by atoms with Gasteiger partial charge in [0, 0.05) is 23.1 Å². The van der Waals surface area contributed by atoms with Gasteiger partial charge in [0.1, 0.15) is 0 Å². The average Bonchev–Trinajstić information content (AvgIpc) is 2.77. The Bertz CT molecular complexity index is 654. The maximum absolute atomic E-state index is 12.0. The molecule has 3 rings (SSSR count). The van der Waals surface area contributed by atoms with E-state index in [0.717, 1.165) is 29.5 Å². The highest BCUT2D eigenvalue weighted by Crippen LogP contribution is 2.30. The Hall–Kier alpha value is -2.10. The number of esters is 1. The number of hydrogen-bond donors (Lipinski definition) is 1. The highest BCUT2D eigenvalue weighted by molar-refractivity contribution is 6.14. The Balaban J connectivity index is 2.31. The van der Waals surface area contributed by atoms with Crippen molar-refractivity contribution in [3.05, 3.63) is 35.0 Å². The van der Waals surface area contributed by atoms with Crippen LogP contribution < -0.4 is 0 Å². The second-order valence-corrected chi connectivity index (χ2v) is 4.47. The van der Waals surface area contributed by atoms with Crippen LogP contribution in [0.25, 0.3) is 10.9 Å². The lowest BCUT2D eigenvalue weighted by molar-refractivity contribution is 0.0602. The first-order chi connectivity index (χ1) is 8.72. The molecule has 1 aliphatic carbocycles. The van der Waals surface area contributed by atoms with Crippen LogP contribution in [0.3, 0.4) is 0 Å². The SMILES string of the molecule is COC(=O)c1cccc2c3c([nH]c12)CCCC3=O. The third-order valence-electron chi connectivity index (χ3n) is 3.43. The van der Waals surface area contributed by atoms with E-state index in [9.17, 15) is 9.59 Å². The van der Waals surface area contributed by atoms with Crippen molar-refractivity contribution >= 4 is 22.7 Å². The van der Waals surface area contributed by atoms with Crippen LogP contribution in [0.2, 0.25) is 0 Å². The van der Waals surface area contributed by atoms with Crippen LogP contribution in [0.1, 0.15) is 39.3 Å². The number of carbonyl (C=O) groups is 2. The van der Waals surface area contributed by atoms with Gasteiger partial charge in [-0.1, -0.05) is 12.1 Å². The summed E-state index contributed by atoms with van der Waals surface area (Å²) in [5.74, 6) is -0.226. The first-order valence-electron chi connectivity index (χ1n) is 5.97. The summed E-state index contributed by atoms with van der Waals surface area (Å²) in [6.07, 6.45) is 2.31. The van der Waals surface area contributed by atoms with Gasteiger partial charge < -0.3 is 9.72 Å². The van der Waals surface area contributed by atoms with Crippen LogP contribution in [0.5, 0.6) is 0 Å². The highest BCUT2D eigenvalue weighted by atomic mass is 16.5. The highest BCUT2D eigenvalue weighted by Gasteiger charge is 2.24. The van der Waals surface area contributed by atoms with Gasteiger partial charge in [-0.2, -0.15) is 0 Å². The van der Waals surface area contributed by atoms with Crippen molar-refractivity contribution < 1.29 is 14.3 Å². The van der Waals surface area contributed by atoms with Gasteiger partial charge in [0.2, 0.25) is 0 Å². The summed E-state index contributed by atoms with van der Waals surface area (Å²) in [6.45, 7) is 0. The normalized spacial score (nSPS) is 14.6. The number of para-hydroxylation sites is 1. The van der Waals surface area contributed by atoms with E-state index >= 15 is 0 Å². The van der Waals surface area contributed by atoms with E-state index in [1.54, 1.807) is 12.1 Å². The van der Waals surface area contributed by atoms with Crippen molar-refractivity contribution in [2.24, 2.45) is 0 Å². The largest absolute Gasteiger partial charge is 0.465 e. The number of hydrogen-bond acceptors (Lipinski definition) is 3. The van der Waals surface area contributed by atoms with E-state index in [1.807, 2.05) is 6.07 Å². The number of nitrogens with one attached hydrogen (secondary N) is 1. The maximum atomic E-state index is 12.0. The van der Waals surface area contributed by atoms with E-state index in [2.05, 4.69) is 4.98 Å². The monoisotopic (exact) mass is 243 g/mol. The summed E-state index contributed by atoms with van der Waals surface area (Å²) in [4.78, 5) is 26.9. The quantitative estimate of drug-likeness (QED) is 0.783. The predicted molar refractivity (Wildman–Crippen MR) is 66.9 cm³/mol. The standard InChI is InChI=1S/C14H13NO3/c1-18-14(17)9-5-2-4-8-12-10(15-13(8)9)6-3-7-11(12)16/h2,4-5,15H,3,6-7H2,1H3. The van der Waals surface area contributed by atoms with Gasteiger partial charge in [-0.3, -0.25) is 4.79 Å². The van der Waals surface area contributed by atoms with E-state index in [-0.39, 0.29) is 11.8 Å². The number of rotatable bonds is 1. The molecule has 0 aliphatic heterocycles. The zero-order valence-corrected chi connectivity index (χ0v) is 10.1. The number of aromatic nitrogens is 1. The van der Waals surface area contributed by atoms with E-state index in [1.165, 1.54) is 7.11 Å². The number of aromatic amines is 1. The predicted octanol–water partition coefficient (Wildman–Crippen LogP) is 2.47. The molecule has 0 amide bonds. The van der Waals surface area contributed by atoms with Gasteiger partial charge in [-0.25, -0.2) is 4.79 Å². The van der Waals surface area contributed by atoms with E-state index in [4.69, 9.17) is 4.74 Å². The molecule has 1 aliphatic rings. The minimum Gasteiger partial charge on any atom is -0.465 e. The molecule has 18 heavy (non-hydrogen) atoms. The fraction of sp³-hybridized carbons (Fsp3) is 0.286. The molecule has 0 atom stereocenters. The maximum Gasteiger partial charge on any atom is 0.339 e. The molecule has 0 fully saturated rings. The van der Waals surface area contributed by atoms with Crippen molar-refractivity contribution in [3.63, 3.8) is 0 Å². The number of fused-ring (bicyclic) bond motifs is 3. The molecule has 1 N–H and O–H groups in total. The number of methoxy groups -OCH3 is 1. The number of ketones is 1. The lowest BCUT2D eigenvalue weighted by Gasteiger charge is -2.09. The summed E-state index contributed by atoms with van der Waals surface area (Å²) in [5.41, 5.74) is 2.89. The lowest BCUT2D eigenvalue weighted by atomic mass is 9.94. The summed E-state index contributed by atoms with van der Waals surface area (Å²) >= 11 is 0. The molecule has 0 bridgehead atoms. The lowest BCUT2D eigenvalue weighted by Crippen LogP contribution is -2.08. The fourth-order valence-electron chi connectivity index (χ4n) is 2.61. The molecular weight excluding hydrogens is 230 g/mol. The number of carbonyl (C=O) groups excluding carboxylic acids is 2. The third kappa shape index (κ3) is 1.45. The van der Waals surface area contributed by atoms with Gasteiger partial charge in [-0.05, 0) is 18.9 Å². The molecule has 2 aromatic rings. The molecule has 0 saturated carbocycles. The Morgan fingerprint density at radius 3 is 2.94 bits per heavy atom. The van der Waals surface area contributed by atoms with Crippen LogP contribution in [0.4, 0.5) is 0 Å². The minimum atomic E-state index is -0.383. The van der Waals surface area contributed by atoms with Gasteiger partial charge in [0.05, 0.1) is 18.2 Å². The van der Waals surface area contributed by atoms with E-state index < -0.39 is 0 Å². The molecule has 1 aromatic carbocycles. The topological polar surface area (TPSA) is 59.2 Å². The molecule has 0 radical (unpaired) electrons. The zero-order chi connectivity index (χ0) is 12.7. The van der Waals surface area contributed by atoms with Gasteiger partial charge >= 0.3 is 5.97 Å². The smallest absolute Gasteiger partial charge is 0.339 e. The van der Waals surface area contributed by atoms with Crippen LogP contribution in [-0.4, -0.2) is 23.8 Å². The molecule has 0 saturated heterocycles. The van der Waals surface area contributed by atoms with Crippen LogP contribution >= 0.6 is 0 Å². The van der Waals surface area contributed by atoms with Crippen LogP contribution in [0.15, 0.2) is 18.2 Å². The van der Waals surface area contributed by atoms with Crippen molar-refractivity contribution in [2.45, 2.75) is 19.3 Å². The second kappa shape index (κ2) is 3.98. The van der Waals surface area contributed by atoms with Gasteiger partial charge in [0.25, 0.3) is 0 Å². The first-order valence-corrected chi connectivity index (χ1v) is 5.97. The summed E-state index contributed by atoms with van der Waals surface area (Å²) in [6, 6.07) is 5.37. The summed E-state index contributed by atoms with van der Waals surface area (Å²) in [5, 5.41) is 0.831. The minimum absolute atomic E-state index is 0.157. The number of ether oxygens (including phenoxy) is 1. The molecule has 4 heteroatoms. The van der Waals surface area contributed by atoms with Crippen LogP contribution in [0, 0.1) is 0 Å². The number of benzene rings is 1. The molecule has 1 aromatic heterocycles. The molecule has 0 unspecified atom stereocenters. The zero-order valence-electron chi connectivity index (χ0n) is 10.1. The number of aryl methyl sites for hydroxylation is 1. The van der Waals surface area contributed by atoms with Crippen molar-refractivity contribution in [1.29, 1.82) is 0 Å². The van der Waals surface area contributed by atoms with Crippen molar-refractivity contribution in [3.8, 4) is 0 Å². The summed E-state index contributed by atoms with van der Waals surface area (Å²) < 4.78 is 4.76. The fourth-order valence-corrected chi connectivity index (χ4v) is 2.61. The Labute approximate surface area is 104 Å². The average molecular weight is 243 g/mol. The van der Waals surface area contributed by atoms with E-state index in [0.29, 0.717) is 17.5 Å². The molecular formula is C14H13NO3. The third-order valence-corrected chi connectivity index (χ3v) is 3.43. The Morgan fingerprint density at radius 2 is 2.17 bits per heavy atom. The molecule has 4 nitrogen and oxygen atoms in total. The second-order valence-electron chi connectivity index (χ2n) is 4.47. The Morgan fingerprint density at radius 1 is 1.33 bits per heavy atom. The molecule has 1 heterocycles. The van der Waals surface area contributed by atoms with Gasteiger partial charge in [0.15, 0.2) is 5.78 Å². The number of Topliss-reactive ketones (excluding diaryl/α,β-unsaturated/α-hetero) is 1. The molecule has 0 spiro atoms. The molecule has 92 valence electrons.